The maximum atomic E-state index is 13.4. The molecule has 3 rings (SSSR count). The third kappa shape index (κ3) is 6.71. The monoisotopic (exact) mass is 538 g/mol. The van der Waals surface area contributed by atoms with Gasteiger partial charge in [0, 0.05) is 17.1 Å². The highest BCUT2D eigenvalue weighted by Gasteiger charge is 2.33. The molecule has 2 aromatic carbocycles. The van der Waals surface area contributed by atoms with Crippen LogP contribution < -0.4 is 14.8 Å². The Hall–Kier alpha value is -2.10. The highest BCUT2D eigenvalue weighted by atomic mass is 79.9. The van der Waals surface area contributed by atoms with Crippen LogP contribution in [0.5, 0.6) is 11.5 Å². The number of hydrogen-bond donors (Lipinski definition) is 1. The normalized spacial score (nSPS) is 14.8. The summed E-state index contributed by atoms with van der Waals surface area (Å²) in [7, 11) is -0.625. The molecule has 33 heavy (non-hydrogen) atoms. The standard InChI is InChI=1S/C24H31BrN2O5S/c1-31-22-13-8-18(16-23(22)32-2)14-15-26-24(28)17-27(20-6-4-3-5-7-20)33(29,30)21-11-9-19(25)10-12-21/h8-13,16,20H,3-7,14-15,17H2,1-2H3,(H,26,28). The number of benzene rings is 2. The number of halogens is 1. The molecule has 1 aliphatic carbocycles. The predicted molar refractivity (Wildman–Crippen MR) is 131 cm³/mol. The topological polar surface area (TPSA) is 84.9 Å². The van der Waals surface area contributed by atoms with Gasteiger partial charge < -0.3 is 14.8 Å². The molecule has 1 saturated carbocycles. The summed E-state index contributed by atoms with van der Waals surface area (Å²) in [4.78, 5) is 13.0. The van der Waals surface area contributed by atoms with Crippen molar-refractivity contribution in [3.63, 3.8) is 0 Å². The van der Waals surface area contributed by atoms with Crippen molar-refractivity contribution >= 4 is 31.9 Å². The van der Waals surface area contributed by atoms with Gasteiger partial charge in [0.2, 0.25) is 15.9 Å². The van der Waals surface area contributed by atoms with E-state index in [2.05, 4.69) is 21.2 Å². The molecule has 0 heterocycles. The van der Waals surface area contributed by atoms with E-state index in [9.17, 15) is 13.2 Å². The van der Waals surface area contributed by atoms with Gasteiger partial charge in [-0.1, -0.05) is 41.3 Å². The van der Waals surface area contributed by atoms with E-state index in [1.54, 1.807) is 38.5 Å². The van der Waals surface area contributed by atoms with Gasteiger partial charge in [0.15, 0.2) is 11.5 Å². The van der Waals surface area contributed by atoms with Crippen molar-refractivity contribution in [2.45, 2.75) is 49.5 Å². The fourth-order valence-electron chi connectivity index (χ4n) is 4.10. The predicted octanol–water partition coefficient (Wildman–Crippen LogP) is 4.15. The summed E-state index contributed by atoms with van der Waals surface area (Å²) in [5.74, 6) is 0.971. The number of methoxy groups -OCH3 is 2. The summed E-state index contributed by atoms with van der Waals surface area (Å²) in [6.45, 7) is 0.208. The number of nitrogens with one attached hydrogen (secondary N) is 1. The molecular formula is C24H31BrN2O5S. The molecular weight excluding hydrogens is 508 g/mol. The van der Waals surface area contributed by atoms with Crippen LogP contribution in [0, 0.1) is 0 Å². The van der Waals surface area contributed by atoms with E-state index in [0.29, 0.717) is 24.5 Å². The lowest BCUT2D eigenvalue weighted by Crippen LogP contribution is -2.47. The van der Waals surface area contributed by atoms with Gasteiger partial charge in [-0.2, -0.15) is 4.31 Å². The zero-order valence-electron chi connectivity index (χ0n) is 19.1. The average molecular weight is 539 g/mol. The van der Waals surface area contributed by atoms with Crippen LogP contribution in [0.3, 0.4) is 0 Å². The van der Waals surface area contributed by atoms with E-state index in [-0.39, 0.29) is 23.4 Å². The lowest BCUT2D eigenvalue weighted by Gasteiger charge is -2.33. The molecule has 9 heteroatoms. The molecule has 0 spiro atoms. The van der Waals surface area contributed by atoms with Crippen LogP contribution in [-0.4, -0.2) is 52.0 Å². The molecule has 0 aromatic heterocycles. The number of rotatable bonds is 10. The minimum Gasteiger partial charge on any atom is -0.493 e. The lowest BCUT2D eigenvalue weighted by atomic mass is 9.95. The summed E-state index contributed by atoms with van der Waals surface area (Å²) in [5, 5.41) is 2.87. The Bertz CT molecular complexity index is 1040. The molecule has 1 amide bonds. The Morgan fingerprint density at radius 1 is 1.03 bits per heavy atom. The van der Waals surface area contributed by atoms with Gasteiger partial charge in [0.05, 0.1) is 25.7 Å². The number of carbonyl (C=O) groups is 1. The van der Waals surface area contributed by atoms with Crippen LogP contribution in [-0.2, 0) is 21.2 Å². The van der Waals surface area contributed by atoms with E-state index in [1.807, 2.05) is 18.2 Å². The van der Waals surface area contributed by atoms with Gasteiger partial charge in [-0.25, -0.2) is 8.42 Å². The Morgan fingerprint density at radius 3 is 2.33 bits per heavy atom. The molecule has 1 aliphatic rings. The van der Waals surface area contributed by atoms with E-state index < -0.39 is 10.0 Å². The highest BCUT2D eigenvalue weighted by molar-refractivity contribution is 9.10. The van der Waals surface area contributed by atoms with E-state index >= 15 is 0 Å². The first-order chi connectivity index (χ1) is 15.8. The average Bonchev–Trinajstić information content (AvgIpc) is 2.83. The van der Waals surface area contributed by atoms with Crippen LogP contribution in [0.4, 0.5) is 0 Å². The summed E-state index contributed by atoms with van der Waals surface area (Å²) < 4.78 is 39.6. The largest absolute Gasteiger partial charge is 0.493 e. The van der Waals surface area contributed by atoms with E-state index in [1.165, 1.54) is 4.31 Å². The minimum absolute atomic E-state index is 0.163. The first kappa shape index (κ1) is 25.5. The zero-order valence-corrected chi connectivity index (χ0v) is 21.5. The van der Waals surface area contributed by atoms with Gasteiger partial charge in [0.25, 0.3) is 0 Å². The van der Waals surface area contributed by atoms with Crippen molar-refractivity contribution in [3.8, 4) is 11.5 Å². The second-order valence-corrected chi connectivity index (χ2v) is 10.9. The van der Waals surface area contributed by atoms with Crippen LogP contribution >= 0.6 is 15.9 Å². The number of amides is 1. The van der Waals surface area contributed by atoms with Crippen molar-refractivity contribution in [2.24, 2.45) is 0 Å². The number of nitrogens with zero attached hydrogens (tertiary/aromatic N) is 1. The lowest BCUT2D eigenvalue weighted by molar-refractivity contribution is -0.121. The van der Waals surface area contributed by atoms with Gasteiger partial charge >= 0.3 is 0 Å². The third-order valence-corrected chi connectivity index (χ3v) is 8.33. The Morgan fingerprint density at radius 2 is 1.70 bits per heavy atom. The van der Waals surface area contributed by atoms with Crippen LogP contribution in [0.2, 0.25) is 0 Å². The van der Waals surface area contributed by atoms with Crippen molar-refractivity contribution in [3.05, 3.63) is 52.5 Å². The molecule has 180 valence electrons. The molecule has 0 unspecified atom stereocenters. The Labute approximate surface area is 204 Å². The number of carbonyl (C=O) groups excluding carboxylic acids is 1. The van der Waals surface area contributed by atoms with Gasteiger partial charge in [-0.15, -0.1) is 0 Å². The third-order valence-electron chi connectivity index (χ3n) is 5.89. The Kier molecular flexibility index (Phi) is 9.17. The molecule has 1 N–H and O–H groups in total. The number of hydrogen-bond acceptors (Lipinski definition) is 5. The molecule has 0 bridgehead atoms. The maximum absolute atomic E-state index is 13.4. The molecule has 7 nitrogen and oxygen atoms in total. The number of sulfonamides is 1. The molecule has 1 fully saturated rings. The molecule has 0 radical (unpaired) electrons. The second-order valence-electron chi connectivity index (χ2n) is 8.09. The molecule has 0 aliphatic heterocycles. The van der Waals surface area contributed by atoms with Crippen LogP contribution in [0.25, 0.3) is 0 Å². The van der Waals surface area contributed by atoms with Crippen molar-refractivity contribution in [2.75, 3.05) is 27.3 Å². The van der Waals surface area contributed by atoms with Gasteiger partial charge in [-0.05, 0) is 61.2 Å². The molecule has 0 atom stereocenters. The first-order valence-electron chi connectivity index (χ1n) is 11.1. The van der Waals surface area contributed by atoms with Crippen molar-refractivity contribution < 1.29 is 22.7 Å². The van der Waals surface area contributed by atoms with Crippen molar-refractivity contribution in [1.29, 1.82) is 0 Å². The smallest absolute Gasteiger partial charge is 0.243 e. The van der Waals surface area contributed by atoms with Gasteiger partial charge in [0.1, 0.15) is 0 Å². The summed E-state index contributed by atoms with van der Waals surface area (Å²) in [6.07, 6.45) is 5.18. The van der Waals surface area contributed by atoms with E-state index in [4.69, 9.17) is 9.47 Å². The quantitative estimate of drug-likeness (QED) is 0.491. The zero-order chi connectivity index (χ0) is 23.8. The molecule has 0 saturated heterocycles. The van der Waals surface area contributed by atoms with Gasteiger partial charge in [-0.3, -0.25) is 4.79 Å². The summed E-state index contributed by atoms with van der Waals surface area (Å²) in [6, 6.07) is 12.0. The van der Waals surface area contributed by atoms with E-state index in [0.717, 1.165) is 42.1 Å². The summed E-state index contributed by atoms with van der Waals surface area (Å²) in [5.41, 5.74) is 0.986. The fraction of sp³-hybridized carbons (Fsp3) is 0.458. The fourth-order valence-corrected chi connectivity index (χ4v) is 6.01. The minimum atomic E-state index is -3.79. The highest BCUT2D eigenvalue weighted by Crippen LogP contribution is 2.29. The van der Waals surface area contributed by atoms with Crippen molar-refractivity contribution in [1.82, 2.24) is 9.62 Å². The SMILES string of the molecule is COc1ccc(CCNC(=O)CN(C2CCCCC2)S(=O)(=O)c2ccc(Br)cc2)cc1OC. The number of ether oxygens (including phenoxy) is 2. The summed E-state index contributed by atoms with van der Waals surface area (Å²) >= 11 is 3.34. The van der Waals surface area contributed by atoms with Crippen LogP contribution in [0.1, 0.15) is 37.7 Å². The molecule has 2 aromatic rings. The second kappa shape index (κ2) is 11.9. The maximum Gasteiger partial charge on any atom is 0.243 e. The Balaban J connectivity index is 1.67. The van der Waals surface area contributed by atoms with Crippen LogP contribution in [0.15, 0.2) is 51.8 Å². The first-order valence-corrected chi connectivity index (χ1v) is 13.3.